The van der Waals surface area contributed by atoms with Gasteiger partial charge in [0.05, 0.1) is 20.8 Å². The Balaban J connectivity index is 0.00000288. The monoisotopic (exact) mass is 441 g/mol. The third-order valence-corrected chi connectivity index (χ3v) is 3.68. The maximum absolute atomic E-state index is 5.97. The zero-order valence-corrected chi connectivity index (χ0v) is 16.8. The van der Waals surface area contributed by atoms with Crippen molar-refractivity contribution in [2.45, 2.75) is 20.4 Å². The van der Waals surface area contributed by atoms with Gasteiger partial charge in [0.1, 0.15) is 0 Å². The Bertz CT molecular complexity index is 717. The van der Waals surface area contributed by atoms with Gasteiger partial charge in [-0.3, -0.25) is 0 Å². The van der Waals surface area contributed by atoms with Crippen LogP contribution in [0.1, 0.15) is 16.7 Å². The van der Waals surface area contributed by atoms with Crippen molar-refractivity contribution in [1.29, 1.82) is 0 Å². The fraction of sp³-hybridized carbons (Fsp3) is 0.278. The lowest BCUT2D eigenvalue weighted by Gasteiger charge is -2.12. The number of ether oxygens (including phenoxy) is 2. The summed E-state index contributed by atoms with van der Waals surface area (Å²) in [7, 11) is 3.22. The first-order chi connectivity index (χ1) is 11.0. The van der Waals surface area contributed by atoms with E-state index in [1.54, 1.807) is 14.2 Å². The number of methoxy groups -OCH3 is 2. The van der Waals surface area contributed by atoms with Crippen molar-refractivity contribution in [2.24, 2.45) is 10.7 Å². The van der Waals surface area contributed by atoms with Gasteiger partial charge in [0, 0.05) is 11.3 Å². The third kappa shape index (κ3) is 5.02. The van der Waals surface area contributed by atoms with Crippen LogP contribution < -0.4 is 20.5 Å². The maximum Gasteiger partial charge on any atom is 0.193 e. The molecule has 0 unspecified atom stereocenters. The van der Waals surface area contributed by atoms with Crippen molar-refractivity contribution in [3.8, 4) is 11.5 Å². The van der Waals surface area contributed by atoms with Crippen molar-refractivity contribution < 1.29 is 9.47 Å². The summed E-state index contributed by atoms with van der Waals surface area (Å²) < 4.78 is 10.7. The fourth-order valence-electron chi connectivity index (χ4n) is 2.26. The van der Waals surface area contributed by atoms with Crippen LogP contribution in [0.2, 0.25) is 0 Å². The Kier molecular flexibility index (Phi) is 7.84. The minimum atomic E-state index is 0. The molecular formula is C18H24IN3O2. The molecule has 2 aromatic carbocycles. The summed E-state index contributed by atoms with van der Waals surface area (Å²) in [6.45, 7) is 4.55. The Morgan fingerprint density at radius 3 is 2.46 bits per heavy atom. The van der Waals surface area contributed by atoms with Gasteiger partial charge in [-0.25, -0.2) is 4.99 Å². The number of hydrogen-bond donors (Lipinski definition) is 2. The van der Waals surface area contributed by atoms with Crippen molar-refractivity contribution >= 4 is 35.6 Å². The minimum Gasteiger partial charge on any atom is -0.493 e. The van der Waals surface area contributed by atoms with Gasteiger partial charge >= 0.3 is 0 Å². The number of para-hydroxylation sites is 1. The molecule has 6 heteroatoms. The van der Waals surface area contributed by atoms with Gasteiger partial charge in [-0.1, -0.05) is 18.2 Å². The standard InChI is InChI=1S/C18H23N3O2.HI/c1-12-8-9-15(10-13(12)2)21-18(19)20-11-14-6-5-7-16(22-3)17(14)23-4;/h5-10H,11H2,1-4H3,(H3,19,20,21);1H. The summed E-state index contributed by atoms with van der Waals surface area (Å²) in [4.78, 5) is 4.37. The second-order valence-corrected chi connectivity index (χ2v) is 5.28. The molecule has 0 saturated heterocycles. The highest BCUT2D eigenvalue weighted by molar-refractivity contribution is 14.0. The lowest BCUT2D eigenvalue weighted by molar-refractivity contribution is 0.352. The fourth-order valence-corrected chi connectivity index (χ4v) is 2.26. The van der Waals surface area contributed by atoms with Gasteiger partial charge in [0.15, 0.2) is 17.5 Å². The van der Waals surface area contributed by atoms with Crippen LogP contribution in [0.5, 0.6) is 11.5 Å². The molecule has 0 atom stereocenters. The molecule has 0 radical (unpaired) electrons. The average molecular weight is 441 g/mol. The lowest BCUT2D eigenvalue weighted by atomic mass is 10.1. The average Bonchev–Trinajstić information content (AvgIpc) is 2.55. The molecule has 0 heterocycles. The molecule has 0 aliphatic carbocycles. The van der Waals surface area contributed by atoms with Crippen LogP contribution in [-0.4, -0.2) is 20.2 Å². The van der Waals surface area contributed by atoms with Crippen LogP contribution in [0.15, 0.2) is 41.4 Å². The predicted octanol–water partition coefficient (Wildman–Crippen LogP) is 3.87. The van der Waals surface area contributed by atoms with Crippen molar-refractivity contribution in [3.05, 3.63) is 53.1 Å². The molecule has 0 amide bonds. The van der Waals surface area contributed by atoms with Gasteiger partial charge in [-0.05, 0) is 43.2 Å². The van der Waals surface area contributed by atoms with Crippen LogP contribution in [0.3, 0.4) is 0 Å². The van der Waals surface area contributed by atoms with Crippen LogP contribution in [0.25, 0.3) is 0 Å². The van der Waals surface area contributed by atoms with Crippen LogP contribution in [0, 0.1) is 13.8 Å². The molecule has 0 aliphatic heterocycles. The molecule has 0 aromatic heterocycles. The lowest BCUT2D eigenvalue weighted by Crippen LogP contribution is -2.22. The van der Waals surface area contributed by atoms with Crippen molar-refractivity contribution in [2.75, 3.05) is 19.5 Å². The number of rotatable bonds is 5. The number of benzene rings is 2. The zero-order valence-electron chi connectivity index (χ0n) is 14.4. The summed E-state index contributed by atoms with van der Waals surface area (Å²) >= 11 is 0. The van der Waals surface area contributed by atoms with Gasteiger partial charge < -0.3 is 20.5 Å². The molecule has 5 nitrogen and oxygen atoms in total. The Morgan fingerprint density at radius 2 is 1.83 bits per heavy atom. The molecule has 0 fully saturated rings. The molecule has 24 heavy (non-hydrogen) atoms. The van der Waals surface area contributed by atoms with E-state index in [1.807, 2.05) is 30.3 Å². The summed E-state index contributed by atoms with van der Waals surface area (Å²) in [5.41, 5.74) is 10.3. The Morgan fingerprint density at radius 1 is 1.08 bits per heavy atom. The van der Waals surface area contributed by atoms with E-state index in [0.29, 0.717) is 24.0 Å². The number of halogens is 1. The summed E-state index contributed by atoms with van der Waals surface area (Å²) in [6, 6.07) is 11.8. The third-order valence-electron chi connectivity index (χ3n) is 3.68. The molecular weight excluding hydrogens is 417 g/mol. The van der Waals surface area contributed by atoms with E-state index < -0.39 is 0 Å². The first kappa shape index (κ1) is 20.1. The Hall–Kier alpha value is -1.96. The van der Waals surface area contributed by atoms with Crippen LogP contribution in [0.4, 0.5) is 5.69 Å². The highest BCUT2D eigenvalue weighted by Gasteiger charge is 2.08. The normalized spacial score (nSPS) is 10.8. The number of nitrogens with zero attached hydrogens (tertiary/aromatic N) is 1. The summed E-state index contributed by atoms with van der Waals surface area (Å²) in [6.07, 6.45) is 0. The quantitative estimate of drug-likeness (QED) is 0.420. The largest absolute Gasteiger partial charge is 0.493 e. The molecule has 2 aromatic rings. The highest BCUT2D eigenvalue weighted by Crippen LogP contribution is 2.31. The number of guanidine groups is 1. The van der Waals surface area contributed by atoms with E-state index in [0.717, 1.165) is 11.3 Å². The van der Waals surface area contributed by atoms with Crippen LogP contribution >= 0.6 is 24.0 Å². The predicted molar refractivity (Wildman–Crippen MR) is 110 cm³/mol. The number of nitrogens with two attached hydrogens (primary N) is 1. The van der Waals surface area contributed by atoms with Crippen molar-refractivity contribution in [1.82, 2.24) is 0 Å². The van der Waals surface area contributed by atoms with E-state index in [9.17, 15) is 0 Å². The molecule has 0 spiro atoms. The van der Waals surface area contributed by atoms with Crippen molar-refractivity contribution in [3.63, 3.8) is 0 Å². The first-order valence-electron chi connectivity index (χ1n) is 7.39. The number of aliphatic imine (C=N–C) groups is 1. The first-order valence-corrected chi connectivity index (χ1v) is 7.39. The zero-order chi connectivity index (χ0) is 16.8. The SMILES string of the molecule is COc1cccc(CN=C(N)Nc2ccc(C)c(C)c2)c1OC.I. The molecule has 0 saturated carbocycles. The molecule has 2 rings (SSSR count). The number of hydrogen-bond acceptors (Lipinski definition) is 3. The second kappa shape index (κ2) is 9.36. The molecule has 130 valence electrons. The highest BCUT2D eigenvalue weighted by atomic mass is 127. The number of nitrogens with one attached hydrogen (secondary N) is 1. The van der Waals surface area contributed by atoms with Gasteiger partial charge in [-0.2, -0.15) is 0 Å². The maximum atomic E-state index is 5.97. The van der Waals surface area contributed by atoms with E-state index in [2.05, 4.69) is 30.2 Å². The molecule has 0 aliphatic rings. The summed E-state index contributed by atoms with van der Waals surface area (Å²) in [5.74, 6) is 1.72. The van der Waals surface area contributed by atoms with E-state index >= 15 is 0 Å². The second-order valence-electron chi connectivity index (χ2n) is 5.28. The number of aryl methyl sites for hydroxylation is 2. The topological polar surface area (TPSA) is 68.9 Å². The van der Waals surface area contributed by atoms with E-state index in [-0.39, 0.29) is 24.0 Å². The summed E-state index contributed by atoms with van der Waals surface area (Å²) in [5, 5.41) is 3.10. The van der Waals surface area contributed by atoms with Crippen LogP contribution in [-0.2, 0) is 6.54 Å². The number of anilines is 1. The van der Waals surface area contributed by atoms with Gasteiger partial charge in [0.2, 0.25) is 0 Å². The van der Waals surface area contributed by atoms with E-state index in [1.165, 1.54) is 11.1 Å². The Labute approximate surface area is 160 Å². The van der Waals surface area contributed by atoms with Gasteiger partial charge in [-0.15, -0.1) is 24.0 Å². The van der Waals surface area contributed by atoms with E-state index in [4.69, 9.17) is 15.2 Å². The van der Waals surface area contributed by atoms with Gasteiger partial charge in [0.25, 0.3) is 0 Å². The minimum absolute atomic E-state index is 0. The molecule has 3 N–H and O–H groups in total. The molecule has 0 bridgehead atoms. The smallest absolute Gasteiger partial charge is 0.193 e.